The molecule has 2 aromatic rings. The highest BCUT2D eigenvalue weighted by Gasteiger charge is 2.17. The monoisotopic (exact) mass is 302 g/mol. The lowest BCUT2D eigenvalue weighted by Gasteiger charge is -2.22. The van der Waals surface area contributed by atoms with Gasteiger partial charge in [0.25, 0.3) is 5.91 Å². The first-order valence-electron chi connectivity index (χ1n) is 6.91. The van der Waals surface area contributed by atoms with Crippen LogP contribution in [0.2, 0.25) is 5.02 Å². The van der Waals surface area contributed by atoms with Gasteiger partial charge in [0.15, 0.2) is 0 Å². The van der Waals surface area contributed by atoms with E-state index in [9.17, 15) is 4.79 Å². The fraction of sp³-hybridized carbons (Fsp3) is 0.235. The van der Waals surface area contributed by atoms with Crippen molar-refractivity contribution in [3.8, 4) is 0 Å². The maximum Gasteiger partial charge on any atom is 0.255 e. The van der Waals surface area contributed by atoms with Gasteiger partial charge in [-0.05, 0) is 49.2 Å². The first-order valence-corrected chi connectivity index (χ1v) is 7.29. The number of hydrogen-bond donors (Lipinski definition) is 1. The van der Waals surface area contributed by atoms with Crippen molar-refractivity contribution >= 4 is 23.2 Å². The van der Waals surface area contributed by atoms with E-state index < -0.39 is 0 Å². The number of halogens is 1. The minimum atomic E-state index is -0.0649. The molecule has 0 bridgehead atoms. The summed E-state index contributed by atoms with van der Waals surface area (Å²) in [5, 5.41) is 0.492. The van der Waals surface area contributed by atoms with E-state index in [4.69, 9.17) is 17.3 Å². The van der Waals surface area contributed by atoms with Gasteiger partial charge in [-0.1, -0.05) is 29.8 Å². The summed E-state index contributed by atoms with van der Waals surface area (Å²) in [6.07, 6.45) is 0. The van der Waals surface area contributed by atoms with Crippen LogP contribution in [0.4, 0.5) is 5.69 Å². The standard InChI is InChI=1S/C17H19ClN2O/c1-3-20(11-13-5-4-6-14(19)10-13)17(21)15-8-7-12(2)9-16(15)18/h4-10H,3,11,19H2,1-2H3. The van der Waals surface area contributed by atoms with Crippen molar-refractivity contribution in [2.24, 2.45) is 0 Å². The van der Waals surface area contributed by atoms with E-state index >= 15 is 0 Å². The molecule has 0 unspecified atom stereocenters. The minimum Gasteiger partial charge on any atom is -0.399 e. The van der Waals surface area contributed by atoms with E-state index in [2.05, 4.69) is 0 Å². The molecule has 0 spiro atoms. The van der Waals surface area contributed by atoms with Gasteiger partial charge < -0.3 is 10.6 Å². The SMILES string of the molecule is CCN(Cc1cccc(N)c1)C(=O)c1ccc(C)cc1Cl. The Morgan fingerprint density at radius 3 is 2.62 bits per heavy atom. The van der Waals surface area contributed by atoms with Crippen molar-refractivity contribution in [1.29, 1.82) is 0 Å². The number of carbonyl (C=O) groups excluding carboxylic acids is 1. The Kier molecular flexibility index (Phi) is 4.86. The van der Waals surface area contributed by atoms with Crippen LogP contribution in [0.25, 0.3) is 0 Å². The molecule has 110 valence electrons. The molecule has 0 aliphatic carbocycles. The highest BCUT2D eigenvalue weighted by atomic mass is 35.5. The number of nitrogens with two attached hydrogens (primary N) is 1. The zero-order valence-corrected chi connectivity index (χ0v) is 13.0. The molecule has 2 N–H and O–H groups in total. The summed E-state index contributed by atoms with van der Waals surface area (Å²) in [6, 6.07) is 13.1. The number of nitrogens with zero attached hydrogens (tertiary/aromatic N) is 1. The quantitative estimate of drug-likeness (QED) is 0.871. The predicted octanol–water partition coefficient (Wildman–Crippen LogP) is 3.89. The largest absolute Gasteiger partial charge is 0.399 e. The van der Waals surface area contributed by atoms with Crippen molar-refractivity contribution in [3.63, 3.8) is 0 Å². The van der Waals surface area contributed by atoms with Crippen molar-refractivity contribution < 1.29 is 4.79 Å². The van der Waals surface area contributed by atoms with Gasteiger partial charge in [0.2, 0.25) is 0 Å². The molecule has 0 radical (unpaired) electrons. The van der Waals surface area contributed by atoms with E-state index in [0.29, 0.717) is 29.4 Å². The van der Waals surface area contributed by atoms with Crippen LogP contribution in [-0.2, 0) is 6.54 Å². The summed E-state index contributed by atoms with van der Waals surface area (Å²) >= 11 is 6.19. The summed E-state index contributed by atoms with van der Waals surface area (Å²) in [5.41, 5.74) is 9.06. The number of aryl methyl sites for hydroxylation is 1. The molecule has 0 atom stereocenters. The Balaban J connectivity index is 2.22. The van der Waals surface area contributed by atoms with Crippen molar-refractivity contribution in [1.82, 2.24) is 4.90 Å². The molecule has 0 heterocycles. The molecular formula is C17H19ClN2O. The van der Waals surface area contributed by atoms with Gasteiger partial charge in [0, 0.05) is 18.8 Å². The third-order valence-electron chi connectivity index (χ3n) is 3.35. The van der Waals surface area contributed by atoms with Crippen molar-refractivity contribution in [2.45, 2.75) is 20.4 Å². The Morgan fingerprint density at radius 2 is 2.00 bits per heavy atom. The second-order valence-corrected chi connectivity index (χ2v) is 5.45. The van der Waals surface area contributed by atoms with Crippen LogP contribution in [0.5, 0.6) is 0 Å². The van der Waals surface area contributed by atoms with Crippen LogP contribution in [-0.4, -0.2) is 17.4 Å². The van der Waals surface area contributed by atoms with Crippen molar-refractivity contribution in [3.05, 3.63) is 64.2 Å². The van der Waals surface area contributed by atoms with Crippen LogP contribution < -0.4 is 5.73 Å². The molecule has 0 fully saturated rings. The van der Waals surface area contributed by atoms with Gasteiger partial charge >= 0.3 is 0 Å². The molecule has 0 saturated carbocycles. The third kappa shape index (κ3) is 3.76. The molecule has 2 rings (SSSR count). The van der Waals surface area contributed by atoms with Gasteiger partial charge in [-0.3, -0.25) is 4.79 Å². The lowest BCUT2D eigenvalue weighted by molar-refractivity contribution is 0.0753. The van der Waals surface area contributed by atoms with Gasteiger partial charge in [-0.25, -0.2) is 0 Å². The molecule has 3 nitrogen and oxygen atoms in total. The predicted molar refractivity (Wildman–Crippen MR) is 87.5 cm³/mol. The molecule has 0 aliphatic heterocycles. The average Bonchev–Trinajstić information content (AvgIpc) is 2.44. The molecule has 0 aromatic heterocycles. The van der Waals surface area contributed by atoms with Crippen molar-refractivity contribution in [2.75, 3.05) is 12.3 Å². The van der Waals surface area contributed by atoms with Gasteiger partial charge in [0.1, 0.15) is 0 Å². The number of rotatable bonds is 4. The third-order valence-corrected chi connectivity index (χ3v) is 3.66. The normalized spacial score (nSPS) is 10.4. The highest BCUT2D eigenvalue weighted by molar-refractivity contribution is 6.33. The van der Waals surface area contributed by atoms with Crippen LogP contribution in [0, 0.1) is 6.92 Å². The van der Waals surface area contributed by atoms with E-state index in [1.54, 1.807) is 11.0 Å². The Morgan fingerprint density at radius 1 is 1.24 bits per heavy atom. The number of carbonyl (C=O) groups is 1. The molecule has 1 amide bonds. The smallest absolute Gasteiger partial charge is 0.255 e. The second kappa shape index (κ2) is 6.64. The lowest BCUT2D eigenvalue weighted by Crippen LogP contribution is -2.30. The van der Waals surface area contributed by atoms with E-state index in [1.807, 2.05) is 50.2 Å². The molecule has 0 saturated heterocycles. The fourth-order valence-corrected chi connectivity index (χ4v) is 2.52. The number of hydrogen-bond acceptors (Lipinski definition) is 2. The summed E-state index contributed by atoms with van der Waals surface area (Å²) < 4.78 is 0. The fourth-order valence-electron chi connectivity index (χ4n) is 2.20. The lowest BCUT2D eigenvalue weighted by atomic mass is 10.1. The number of benzene rings is 2. The Hall–Kier alpha value is -2.00. The number of anilines is 1. The number of nitrogen functional groups attached to an aromatic ring is 1. The van der Waals surface area contributed by atoms with Gasteiger partial charge in [-0.15, -0.1) is 0 Å². The Labute approximate surface area is 130 Å². The second-order valence-electron chi connectivity index (χ2n) is 5.05. The van der Waals surface area contributed by atoms with Gasteiger partial charge in [-0.2, -0.15) is 0 Å². The van der Waals surface area contributed by atoms with Crippen LogP contribution in [0.1, 0.15) is 28.4 Å². The van der Waals surface area contributed by atoms with E-state index in [-0.39, 0.29) is 5.91 Å². The average molecular weight is 303 g/mol. The molecule has 4 heteroatoms. The maximum absolute atomic E-state index is 12.6. The van der Waals surface area contributed by atoms with Gasteiger partial charge in [0.05, 0.1) is 10.6 Å². The topological polar surface area (TPSA) is 46.3 Å². The number of amides is 1. The summed E-state index contributed by atoms with van der Waals surface area (Å²) in [4.78, 5) is 14.4. The first-order chi connectivity index (χ1) is 10.0. The molecule has 2 aromatic carbocycles. The molecular weight excluding hydrogens is 284 g/mol. The maximum atomic E-state index is 12.6. The molecule has 0 aliphatic rings. The van der Waals surface area contributed by atoms with E-state index in [0.717, 1.165) is 11.1 Å². The minimum absolute atomic E-state index is 0.0649. The zero-order valence-electron chi connectivity index (χ0n) is 12.3. The summed E-state index contributed by atoms with van der Waals surface area (Å²) in [5.74, 6) is -0.0649. The Bertz CT molecular complexity index is 655. The van der Waals surface area contributed by atoms with Crippen LogP contribution in [0.3, 0.4) is 0 Å². The summed E-state index contributed by atoms with van der Waals surface area (Å²) in [6.45, 7) is 5.03. The van der Waals surface area contributed by atoms with E-state index in [1.165, 1.54) is 0 Å². The first kappa shape index (κ1) is 15.4. The highest BCUT2D eigenvalue weighted by Crippen LogP contribution is 2.20. The van der Waals surface area contributed by atoms with Crippen LogP contribution >= 0.6 is 11.6 Å². The molecule has 21 heavy (non-hydrogen) atoms. The zero-order chi connectivity index (χ0) is 15.4. The van der Waals surface area contributed by atoms with Crippen LogP contribution in [0.15, 0.2) is 42.5 Å². The summed E-state index contributed by atoms with van der Waals surface area (Å²) in [7, 11) is 0.